The predicted molar refractivity (Wildman–Crippen MR) is 130 cm³/mol. The van der Waals surface area contributed by atoms with Gasteiger partial charge in [-0.2, -0.15) is 0 Å². The molecular formula is C26H42N6O. The molecule has 2 N–H and O–H groups in total. The van der Waals surface area contributed by atoms with E-state index in [0.29, 0.717) is 30.1 Å². The first-order valence-corrected chi connectivity index (χ1v) is 13.5. The third-order valence-corrected chi connectivity index (χ3v) is 9.04. The van der Waals surface area contributed by atoms with Gasteiger partial charge in [-0.1, -0.05) is 12.8 Å². The van der Waals surface area contributed by atoms with E-state index in [9.17, 15) is 0 Å². The quantitative estimate of drug-likeness (QED) is 0.654. The lowest BCUT2D eigenvalue weighted by Crippen LogP contribution is -2.55. The van der Waals surface area contributed by atoms with Gasteiger partial charge in [0.2, 0.25) is 0 Å². The summed E-state index contributed by atoms with van der Waals surface area (Å²) in [6.07, 6.45) is 12.3. The smallest absolute Gasteiger partial charge is 0.132 e. The molecule has 7 nitrogen and oxygen atoms in total. The van der Waals surface area contributed by atoms with Crippen molar-refractivity contribution in [2.75, 3.05) is 24.5 Å². The van der Waals surface area contributed by atoms with Crippen molar-refractivity contribution in [1.29, 1.82) is 0 Å². The molecular weight excluding hydrogens is 412 g/mol. The average Bonchev–Trinajstić information content (AvgIpc) is 3.72. The van der Waals surface area contributed by atoms with E-state index in [2.05, 4.69) is 47.5 Å². The molecule has 2 aliphatic heterocycles. The summed E-state index contributed by atoms with van der Waals surface area (Å²) < 4.78 is 6.47. The maximum atomic E-state index is 6.47. The first kappa shape index (κ1) is 22.2. The zero-order chi connectivity index (χ0) is 22.6. The highest BCUT2D eigenvalue weighted by Crippen LogP contribution is 2.45. The Labute approximate surface area is 199 Å². The van der Waals surface area contributed by atoms with Gasteiger partial charge in [-0.05, 0) is 65.2 Å². The number of hydrogen-bond donors (Lipinski definition) is 2. The minimum absolute atomic E-state index is 0.156. The standard InChI is InChI=1S/C26H42N6O/c1-17(12-19-4-5-19)32-11-10-31(15-18(32)2)24-14-23(27-16-28-24)25-21-13-20(33-26(3)8-9-26)6-7-22(21)29-30-25/h14,16-22,25,29-30H,4-13,15H2,1-3H3/t17?,18-,20?,21?,22?,25?/m0/s1. The van der Waals surface area contributed by atoms with Crippen LogP contribution in [0.3, 0.4) is 0 Å². The first-order chi connectivity index (χ1) is 16.0. The zero-order valence-electron chi connectivity index (χ0n) is 20.7. The zero-order valence-corrected chi connectivity index (χ0v) is 20.7. The van der Waals surface area contributed by atoms with Crippen molar-refractivity contribution in [2.45, 2.75) is 108 Å². The Bertz CT molecular complexity index is 842. The minimum atomic E-state index is 0.156. The van der Waals surface area contributed by atoms with Crippen molar-refractivity contribution in [3.05, 3.63) is 18.1 Å². The predicted octanol–water partition coefficient (Wildman–Crippen LogP) is 3.43. The second kappa shape index (κ2) is 8.74. The Kier molecular flexibility index (Phi) is 5.88. The summed E-state index contributed by atoms with van der Waals surface area (Å²) in [4.78, 5) is 14.6. The number of ether oxygens (including phenoxy) is 1. The van der Waals surface area contributed by atoms with Gasteiger partial charge in [0.15, 0.2) is 0 Å². The third kappa shape index (κ3) is 4.79. The van der Waals surface area contributed by atoms with Gasteiger partial charge in [0.25, 0.3) is 0 Å². The number of anilines is 1. The number of fused-ring (bicyclic) bond motifs is 1. The highest BCUT2D eigenvalue weighted by Gasteiger charge is 2.46. The Morgan fingerprint density at radius 2 is 2.00 bits per heavy atom. The molecule has 2 saturated heterocycles. The summed E-state index contributed by atoms with van der Waals surface area (Å²) in [5.74, 6) is 2.59. The molecule has 5 unspecified atom stereocenters. The monoisotopic (exact) mass is 454 g/mol. The number of aromatic nitrogens is 2. The number of rotatable bonds is 7. The van der Waals surface area contributed by atoms with E-state index in [1.807, 2.05) is 0 Å². The van der Waals surface area contributed by atoms with E-state index in [1.54, 1.807) is 6.33 Å². The van der Waals surface area contributed by atoms with Crippen LogP contribution in [0.25, 0.3) is 0 Å². The van der Waals surface area contributed by atoms with Crippen LogP contribution in [0.2, 0.25) is 0 Å². The fourth-order valence-corrected chi connectivity index (χ4v) is 6.62. The van der Waals surface area contributed by atoms with Gasteiger partial charge in [0, 0.05) is 49.7 Å². The minimum Gasteiger partial charge on any atom is -0.372 e. The molecule has 1 aromatic rings. The van der Waals surface area contributed by atoms with Crippen molar-refractivity contribution in [3.8, 4) is 0 Å². The summed E-state index contributed by atoms with van der Waals surface area (Å²) in [6.45, 7) is 10.3. The largest absolute Gasteiger partial charge is 0.372 e. The molecule has 1 aromatic heterocycles. The molecule has 3 aliphatic carbocycles. The average molecular weight is 455 g/mol. The van der Waals surface area contributed by atoms with Gasteiger partial charge in [0.05, 0.1) is 23.4 Å². The van der Waals surface area contributed by atoms with Crippen LogP contribution in [0.1, 0.15) is 83.9 Å². The maximum Gasteiger partial charge on any atom is 0.132 e. The van der Waals surface area contributed by atoms with Crippen LogP contribution in [-0.4, -0.2) is 64.3 Å². The molecule has 0 aromatic carbocycles. The van der Waals surface area contributed by atoms with Gasteiger partial charge in [-0.25, -0.2) is 15.4 Å². The first-order valence-electron chi connectivity index (χ1n) is 13.5. The molecule has 0 bridgehead atoms. The summed E-state index contributed by atoms with van der Waals surface area (Å²) in [6, 6.07) is 4.23. The topological polar surface area (TPSA) is 65.5 Å². The van der Waals surface area contributed by atoms with Crippen molar-refractivity contribution >= 4 is 5.82 Å². The Morgan fingerprint density at radius 1 is 1.15 bits per heavy atom. The lowest BCUT2D eigenvalue weighted by atomic mass is 9.79. The normalized spacial score (nSPS) is 37.1. The van der Waals surface area contributed by atoms with E-state index in [1.165, 1.54) is 38.5 Å². The lowest BCUT2D eigenvalue weighted by Gasteiger charge is -2.43. The lowest BCUT2D eigenvalue weighted by molar-refractivity contribution is -0.0500. The molecule has 6 rings (SSSR count). The van der Waals surface area contributed by atoms with Crippen LogP contribution >= 0.6 is 0 Å². The van der Waals surface area contributed by atoms with Crippen molar-refractivity contribution in [3.63, 3.8) is 0 Å². The van der Waals surface area contributed by atoms with Gasteiger partial charge >= 0.3 is 0 Å². The molecule has 0 amide bonds. The summed E-state index contributed by atoms with van der Waals surface area (Å²) >= 11 is 0. The van der Waals surface area contributed by atoms with Crippen LogP contribution in [0.15, 0.2) is 12.4 Å². The number of hydrogen-bond acceptors (Lipinski definition) is 7. The second-order valence-electron chi connectivity index (χ2n) is 11.9. The van der Waals surface area contributed by atoms with Crippen LogP contribution in [0.5, 0.6) is 0 Å². The Balaban J connectivity index is 1.11. The summed E-state index contributed by atoms with van der Waals surface area (Å²) in [5.41, 5.74) is 8.42. The molecule has 3 saturated carbocycles. The second-order valence-corrected chi connectivity index (χ2v) is 11.9. The molecule has 3 heterocycles. The number of nitrogens with one attached hydrogen (secondary N) is 2. The summed E-state index contributed by atoms with van der Waals surface area (Å²) in [7, 11) is 0. The van der Waals surface area contributed by atoms with Crippen LogP contribution < -0.4 is 15.8 Å². The molecule has 5 fully saturated rings. The Hall–Kier alpha value is -1.28. The van der Waals surface area contributed by atoms with Crippen molar-refractivity contribution in [2.24, 2.45) is 11.8 Å². The van der Waals surface area contributed by atoms with Crippen LogP contribution in [0, 0.1) is 11.8 Å². The van der Waals surface area contributed by atoms with Gasteiger partial charge < -0.3 is 9.64 Å². The SMILES string of the molecule is CC(CC1CC1)N1CCN(c2cc(C3NNC4CCC(OC5(C)CC5)CC43)ncn2)C[C@@H]1C. The summed E-state index contributed by atoms with van der Waals surface area (Å²) in [5, 5.41) is 0. The van der Waals surface area contributed by atoms with Gasteiger partial charge in [0.1, 0.15) is 12.1 Å². The van der Waals surface area contributed by atoms with Gasteiger partial charge in [-0.3, -0.25) is 10.3 Å². The van der Waals surface area contributed by atoms with E-state index < -0.39 is 0 Å². The molecule has 5 aliphatic rings. The van der Waals surface area contributed by atoms with Crippen molar-refractivity contribution in [1.82, 2.24) is 25.7 Å². The number of nitrogens with zero attached hydrogens (tertiary/aromatic N) is 4. The van der Waals surface area contributed by atoms with Crippen LogP contribution in [-0.2, 0) is 4.74 Å². The van der Waals surface area contributed by atoms with E-state index in [4.69, 9.17) is 14.7 Å². The highest BCUT2D eigenvalue weighted by molar-refractivity contribution is 5.41. The van der Waals surface area contributed by atoms with E-state index in [-0.39, 0.29) is 11.6 Å². The molecule has 7 heteroatoms. The molecule has 33 heavy (non-hydrogen) atoms. The fraction of sp³-hybridized carbons (Fsp3) is 0.846. The van der Waals surface area contributed by atoms with Crippen molar-refractivity contribution < 1.29 is 4.74 Å². The van der Waals surface area contributed by atoms with Crippen LogP contribution in [0.4, 0.5) is 5.82 Å². The number of piperazine rings is 1. The molecule has 0 spiro atoms. The van der Waals surface area contributed by atoms with E-state index in [0.717, 1.165) is 49.9 Å². The molecule has 182 valence electrons. The Morgan fingerprint density at radius 3 is 2.76 bits per heavy atom. The third-order valence-electron chi connectivity index (χ3n) is 9.04. The maximum absolute atomic E-state index is 6.47. The molecule has 0 radical (unpaired) electrons. The van der Waals surface area contributed by atoms with Gasteiger partial charge in [-0.15, -0.1) is 0 Å². The highest BCUT2D eigenvalue weighted by atomic mass is 16.5. The number of hydrazine groups is 1. The molecule has 6 atom stereocenters. The fourth-order valence-electron chi connectivity index (χ4n) is 6.62. The van der Waals surface area contributed by atoms with E-state index >= 15 is 0 Å².